The van der Waals surface area contributed by atoms with Crippen LogP contribution < -0.4 is 5.73 Å². The van der Waals surface area contributed by atoms with E-state index in [1.54, 1.807) is 6.26 Å². The molecule has 96 valence electrons. The van der Waals surface area contributed by atoms with Crippen molar-refractivity contribution in [1.29, 1.82) is 0 Å². The van der Waals surface area contributed by atoms with Gasteiger partial charge in [0.2, 0.25) is 0 Å². The molecule has 1 fully saturated rings. The van der Waals surface area contributed by atoms with Crippen LogP contribution in [0, 0.1) is 5.92 Å². The van der Waals surface area contributed by atoms with E-state index < -0.39 is 0 Å². The maximum atomic E-state index is 5.93. The molecule has 3 nitrogen and oxygen atoms in total. The second-order valence-electron chi connectivity index (χ2n) is 5.25. The average Bonchev–Trinajstić information content (AvgIpc) is 2.71. The second-order valence-corrected chi connectivity index (χ2v) is 5.25. The Morgan fingerprint density at radius 3 is 2.88 bits per heavy atom. The Morgan fingerprint density at radius 2 is 2.18 bits per heavy atom. The summed E-state index contributed by atoms with van der Waals surface area (Å²) in [5.74, 6) is 0.661. The van der Waals surface area contributed by atoms with E-state index in [-0.39, 0.29) is 0 Å². The highest BCUT2D eigenvalue weighted by Gasteiger charge is 2.25. The summed E-state index contributed by atoms with van der Waals surface area (Å²) in [5.41, 5.74) is 7.19. The van der Waals surface area contributed by atoms with Crippen LogP contribution >= 0.6 is 0 Å². The molecule has 1 aromatic rings. The molecule has 3 heteroatoms. The van der Waals surface area contributed by atoms with E-state index in [9.17, 15) is 0 Å². The van der Waals surface area contributed by atoms with Gasteiger partial charge in [0.05, 0.1) is 12.5 Å². The highest BCUT2D eigenvalue weighted by atomic mass is 16.3. The molecule has 0 saturated heterocycles. The molecule has 2 unspecified atom stereocenters. The van der Waals surface area contributed by atoms with Crippen LogP contribution in [0.5, 0.6) is 0 Å². The van der Waals surface area contributed by atoms with Gasteiger partial charge in [-0.05, 0) is 38.4 Å². The van der Waals surface area contributed by atoms with Crippen molar-refractivity contribution in [2.75, 3.05) is 13.6 Å². The molecule has 0 aliphatic heterocycles. The van der Waals surface area contributed by atoms with E-state index in [2.05, 4.69) is 11.9 Å². The van der Waals surface area contributed by atoms with Gasteiger partial charge >= 0.3 is 0 Å². The largest absolute Gasteiger partial charge is 0.472 e. The number of rotatable bonds is 4. The van der Waals surface area contributed by atoms with Crippen molar-refractivity contribution < 1.29 is 4.42 Å². The third-order valence-corrected chi connectivity index (χ3v) is 4.00. The standard InChI is InChI=1S/C14H24N2O/c1-16(10-12-7-8-17-11-12)14-6-4-2-3-5-13(14)9-15/h7-8,11,13-14H,2-6,9-10,15H2,1H3. The third-order valence-electron chi connectivity index (χ3n) is 4.00. The van der Waals surface area contributed by atoms with E-state index in [1.165, 1.54) is 37.7 Å². The van der Waals surface area contributed by atoms with Crippen molar-refractivity contribution in [2.45, 2.75) is 44.7 Å². The lowest BCUT2D eigenvalue weighted by atomic mass is 9.93. The summed E-state index contributed by atoms with van der Waals surface area (Å²) in [4.78, 5) is 2.45. The van der Waals surface area contributed by atoms with Gasteiger partial charge in [-0.2, -0.15) is 0 Å². The summed E-state index contributed by atoms with van der Waals surface area (Å²) < 4.78 is 5.13. The molecule has 1 saturated carbocycles. The van der Waals surface area contributed by atoms with E-state index in [0.717, 1.165) is 13.1 Å². The van der Waals surface area contributed by atoms with E-state index in [4.69, 9.17) is 10.2 Å². The third kappa shape index (κ3) is 3.33. The first kappa shape index (κ1) is 12.7. The van der Waals surface area contributed by atoms with Crippen molar-refractivity contribution in [3.63, 3.8) is 0 Å². The topological polar surface area (TPSA) is 42.4 Å². The van der Waals surface area contributed by atoms with Crippen LogP contribution in [0.4, 0.5) is 0 Å². The first-order valence-electron chi connectivity index (χ1n) is 6.72. The zero-order valence-corrected chi connectivity index (χ0v) is 10.8. The summed E-state index contributed by atoms with van der Waals surface area (Å²) in [7, 11) is 2.21. The molecule has 0 aromatic carbocycles. The molecular formula is C14H24N2O. The number of hydrogen-bond donors (Lipinski definition) is 1. The fourth-order valence-corrected chi connectivity index (χ4v) is 3.01. The molecule has 2 atom stereocenters. The Hall–Kier alpha value is -0.800. The van der Waals surface area contributed by atoms with E-state index >= 15 is 0 Å². The first-order chi connectivity index (χ1) is 8.31. The van der Waals surface area contributed by atoms with Gasteiger partial charge in [-0.15, -0.1) is 0 Å². The lowest BCUT2D eigenvalue weighted by Gasteiger charge is -2.32. The van der Waals surface area contributed by atoms with Crippen molar-refractivity contribution in [3.05, 3.63) is 24.2 Å². The molecule has 2 N–H and O–H groups in total. The van der Waals surface area contributed by atoms with Crippen molar-refractivity contribution in [2.24, 2.45) is 11.7 Å². The van der Waals surface area contributed by atoms with Crippen LogP contribution in [-0.2, 0) is 6.54 Å². The SMILES string of the molecule is CN(Cc1ccoc1)C1CCCCCC1CN. The molecule has 1 heterocycles. The van der Waals surface area contributed by atoms with Crippen LogP contribution in [-0.4, -0.2) is 24.5 Å². The summed E-state index contributed by atoms with van der Waals surface area (Å²) in [6, 6.07) is 2.68. The lowest BCUT2D eigenvalue weighted by molar-refractivity contribution is 0.160. The van der Waals surface area contributed by atoms with Gasteiger partial charge in [-0.25, -0.2) is 0 Å². The maximum Gasteiger partial charge on any atom is 0.0947 e. The second kappa shape index (κ2) is 6.22. The summed E-state index contributed by atoms with van der Waals surface area (Å²) in [6.45, 7) is 1.79. The van der Waals surface area contributed by atoms with Gasteiger partial charge in [0, 0.05) is 18.2 Å². The minimum absolute atomic E-state index is 0.636. The fourth-order valence-electron chi connectivity index (χ4n) is 3.01. The van der Waals surface area contributed by atoms with Crippen molar-refractivity contribution in [1.82, 2.24) is 4.90 Å². The molecule has 1 aromatic heterocycles. The predicted molar refractivity (Wildman–Crippen MR) is 69.6 cm³/mol. The highest BCUT2D eigenvalue weighted by Crippen LogP contribution is 2.27. The quantitative estimate of drug-likeness (QED) is 0.817. The van der Waals surface area contributed by atoms with Gasteiger partial charge in [-0.3, -0.25) is 4.90 Å². The Morgan fingerprint density at radius 1 is 1.35 bits per heavy atom. The minimum atomic E-state index is 0.636. The van der Waals surface area contributed by atoms with E-state index in [1.807, 2.05) is 12.3 Å². The van der Waals surface area contributed by atoms with Gasteiger partial charge in [-0.1, -0.05) is 19.3 Å². The van der Waals surface area contributed by atoms with Crippen LogP contribution in [0.2, 0.25) is 0 Å². The number of hydrogen-bond acceptors (Lipinski definition) is 3. The summed E-state index contributed by atoms with van der Waals surface area (Å²) in [6.07, 6.45) is 10.2. The monoisotopic (exact) mass is 236 g/mol. The van der Waals surface area contributed by atoms with Gasteiger partial charge in [0.15, 0.2) is 0 Å². The van der Waals surface area contributed by atoms with Crippen molar-refractivity contribution >= 4 is 0 Å². The number of nitrogens with two attached hydrogens (primary N) is 1. The molecule has 1 aliphatic carbocycles. The molecule has 1 aliphatic rings. The van der Waals surface area contributed by atoms with Gasteiger partial charge < -0.3 is 10.2 Å². The minimum Gasteiger partial charge on any atom is -0.472 e. The van der Waals surface area contributed by atoms with E-state index in [0.29, 0.717) is 12.0 Å². The Kier molecular flexibility index (Phi) is 4.63. The smallest absolute Gasteiger partial charge is 0.0947 e. The summed E-state index contributed by atoms with van der Waals surface area (Å²) in [5, 5.41) is 0. The average molecular weight is 236 g/mol. The molecule has 2 rings (SSSR count). The Bertz CT molecular complexity index is 310. The lowest BCUT2D eigenvalue weighted by Crippen LogP contribution is -2.40. The van der Waals surface area contributed by atoms with Crippen LogP contribution in [0.1, 0.15) is 37.7 Å². The normalized spacial score (nSPS) is 26.1. The zero-order chi connectivity index (χ0) is 12.1. The molecule has 0 amide bonds. The molecule has 17 heavy (non-hydrogen) atoms. The molecule has 0 radical (unpaired) electrons. The maximum absolute atomic E-state index is 5.93. The van der Waals surface area contributed by atoms with Gasteiger partial charge in [0.1, 0.15) is 0 Å². The zero-order valence-electron chi connectivity index (χ0n) is 10.8. The fraction of sp³-hybridized carbons (Fsp3) is 0.714. The first-order valence-corrected chi connectivity index (χ1v) is 6.72. The van der Waals surface area contributed by atoms with Crippen LogP contribution in [0.3, 0.4) is 0 Å². The van der Waals surface area contributed by atoms with Gasteiger partial charge in [0.25, 0.3) is 0 Å². The number of nitrogens with zero attached hydrogens (tertiary/aromatic N) is 1. The number of furan rings is 1. The molecule has 0 spiro atoms. The molecule has 0 bridgehead atoms. The van der Waals surface area contributed by atoms with Crippen LogP contribution in [0.15, 0.2) is 23.0 Å². The van der Waals surface area contributed by atoms with Crippen molar-refractivity contribution in [3.8, 4) is 0 Å². The highest BCUT2D eigenvalue weighted by molar-refractivity contribution is 5.05. The Labute approximate surface area is 104 Å². The van der Waals surface area contributed by atoms with Crippen LogP contribution in [0.25, 0.3) is 0 Å². The predicted octanol–water partition coefficient (Wildman–Crippen LogP) is 2.62. The Balaban J connectivity index is 1.97. The molecular weight excluding hydrogens is 212 g/mol. The summed E-state index contributed by atoms with van der Waals surface area (Å²) >= 11 is 0.